The minimum atomic E-state index is -0.591. The topological polar surface area (TPSA) is 52.4 Å². The second-order valence-electron chi connectivity index (χ2n) is 3.78. The summed E-state index contributed by atoms with van der Waals surface area (Å²) in [5, 5.41) is 10.6. The van der Waals surface area contributed by atoms with Gasteiger partial charge in [-0.1, -0.05) is 6.07 Å². The first-order valence-corrected chi connectivity index (χ1v) is 5.37. The number of rotatable bonds is 4. The number of hydrogen-bond donors (Lipinski definition) is 0. The van der Waals surface area contributed by atoms with Crippen LogP contribution in [-0.4, -0.2) is 4.92 Å². The molecule has 0 aromatic heterocycles. The molecule has 0 aliphatic carbocycles. The first-order chi connectivity index (χ1) is 9.06. The van der Waals surface area contributed by atoms with Crippen LogP contribution in [-0.2, 0) is 6.61 Å². The second-order valence-corrected chi connectivity index (χ2v) is 3.78. The van der Waals surface area contributed by atoms with Gasteiger partial charge in [0.1, 0.15) is 24.0 Å². The number of hydrogen-bond acceptors (Lipinski definition) is 3. The maximum atomic E-state index is 13.3. The SMILES string of the molecule is O=[N+]([O-])c1cccc(OCc2cc(F)ccc2F)c1. The van der Waals surface area contributed by atoms with E-state index in [4.69, 9.17) is 4.74 Å². The summed E-state index contributed by atoms with van der Waals surface area (Å²) in [7, 11) is 0. The average Bonchev–Trinajstić information content (AvgIpc) is 2.40. The van der Waals surface area contributed by atoms with E-state index in [1.165, 1.54) is 24.3 Å². The van der Waals surface area contributed by atoms with Gasteiger partial charge in [0.25, 0.3) is 5.69 Å². The highest BCUT2D eigenvalue weighted by molar-refractivity contribution is 5.38. The number of nitro groups is 1. The Morgan fingerprint density at radius 3 is 2.68 bits per heavy atom. The van der Waals surface area contributed by atoms with Crippen LogP contribution in [0.5, 0.6) is 5.75 Å². The van der Waals surface area contributed by atoms with Gasteiger partial charge in [0.05, 0.1) is 11.0 Å². The van der Waals surface area contributed by atoms with Crippen molar-refractivity contribution in [2.24, 2.45) is 0 Å². The van der Waals surface area contributed by atoms with Gasteiger partial charge in [-0.05, 0) is 24.3 Å². The third kappa shape index (κ3) is 3.25. The summed E-state index contributed by atoms with van der Waals surface area (Å²) in [6, 6.07) is 8.52. The van der Waals surface area contributed by atoms with Gasteiger partial charge in [-0.2, -0.15) is 0 Å². The van der Waals surface area contributed by atoms with Gasteiger partial charge in [0.15, 0.2) is 0 Å². The normalized spacial score (nSPS) is 10.2. The van der Waals surface area contributed by atoms with Crippen molar-refractivity contribution in [1.29, 1.82) is 0 Å². The van der Waals surface area contributed by atoms with Gasteiger partial charge in [0, 0.05) is 11.6 Å². The first-order valence-electron chi connectivity index (χ1n) is 5.37. The largest absolute Gasteiger partial charge is 0.489 e. The van der Waals surface area contributed by atoms with Crippen molar-refractivity contribution in [3.8, 4) is 5.75 Å². The van der Waals surface area contributed by atoms with Crippen LogP contribution < -0.4 is 4.74 Å². The van der Waals surface area contributed by atoms with Gasteiger partial charge < -0.3 is 4.74 Å². The predicted molar refractivity (Wildman–Crippen MR) is 63.8 cm³/mol. The van der Waals surface area contributed by atoms with Crippen molar-refractivity contribution in [3.05, 3.63) is 69.8 Å². The first kappa shape index (κ1) is 12.9. The minimum Gasteiger partial charge on any atom is -0.489 e. The molecule has 19 heavy (non-hydrogen) atoms. The smallest absolute Gasteiger partial charge is 0.273 e. The molecule has 98 valence electrons. The number of non-ortho nitro benzene ring substituents is 1. The van der Waals surface area contributed by atoms with Gasteiger partial charge >= 0.3 is 0 Å². The molecule has 6 heteroatoms. The Morgan fingerprint density at radius 2 is 1.95 bits per heavy atom. The predicted octanol–water partition coefficient (Wildman–Crippen LogP) is 3.45. The molecule has 0 amide bonds. The lowest BCUT2D eigenvalue weighted by molar-refractivity contribution is -0.384. The van der Waals surface area contributed by atoms with Crippen LogP contribution in [0.25, 0.3) is 0 Å². The van der Waals surface area contributed by atoms with Crippen LogP contribution in [0.1, 0.15) is 5.56 Å². The fourth-order valence-corrected chi connectivity index (χ4v) is 1.50. The van der Waals surface area contributed by atoms with Crippen LogP contribution in [0.3, 0.4) is 0 Å². The van der Waals surface area contributed by atoms with Crippen molar-refractivity contribution < 1.29 is 18.4 Å². The molecule has 0 atom stereocenters. The maximum absolute atomic E-state index is 13.3. The molecule has 0 heterocycles. The molecule has 0 saturated heterocycles. The third-order valence-electron chi connectivity index (χ3n) is 2.43. The fraction of sp³-hybridized carbons (Fsp3) is 0.0769. The van der Waals surface area contributed by atoms with Gasteiger partial charge in [-0.3, -0.25) is 10.1 Å². The maximum Gasteiger partial charge on any atom is 0.273 e. The molecule has 0 radical (unpaired) electrons. The van der Waals surface area contributed by atoms with E-state index >= 15 is 0 Å². The molecule has 0 unspecified atom stereocenters. The van der Waals surface area contributed by atoms with Crippen molar-refractivity contribution in [3.63, 3.8) is 0 Å². The molecule has 0 bridgehead atoms. The summed E-state index contributed by atoms with van der Waals surface area (Å²) < 4.78 is 31.5. The Balaban J connectivity index is 2.12. The van der Waals surface area contributed by atoms with E-state index in [0.29, 0.717) is 0 Å². The molecule has 0 aliphatic heterocycles. The van der Waals surface area contributed by atoms with E-state index in [1.807, 2.05) is 0 Å². The van der Waals surface area contributed by atoms with Crippen molar-refractivity contribution in [2.75, 3.05) is 0 Å². The Kier molecular flexibility index (Phi) is 3.70. The standard InChI is InChI=1S/C13H9F2NO3/c14-10-4-5-13(15)9(6-10)8-19-12-3-1-2-11(7-12)16(17)18/h1-7H,8H2. The van der Waals surface area contributed by atoms with E-state index in [1.54, 1.807) is 0 Å². The third-order valence-corrected chi connectivity index (χ3v) is 2.43. The average molecular weight is 265 g/mol. The van der Waals surface area contributed by atoms with E-state index in [9.17, 15) is 18.9 Å². The molecule has 0 N–H and O–H groups in total. The van der Waals surface area contributed by atoms with Gasteiger partial charge in [-0.15, -0.1) is 0 Å². The van der Waals surface area contributed by atoms with Crippen LogP contribution in [0, 0.1) is 21.7 Å². The quantitative estimate of drug-likeness (QED) is 0.628. The number of benzene rings is 2. The molecule has 2 rings (SSSR count). The highest BCUT2D eigenvalue weighted by Gasteiger charge is 2.08. The molecular formula is C13H9F2NO3. The molecule has 2 aromatic carbocycles. The molecule has 0 fully saturated rings. The van der Waals surface area contributed by atoms with Gasteiger partial charge in [0.2, 0.25) is 0 Å². The van der Waals surface area contributed by atoms with Crippen LogP contribution in [0.4, 0.5) is 14.5 Å². The monoisotopic (exact) mass is 265 g/mol. The van der Waals surface area contributed by atoms with Crippen molar-refractivity contribution in [1.82, 2.24) is 0 Å². The Labute approximate surface area is 107 Å². The molecule has 2 aromatic rings. The van der Waals surface area contributed by atoms with E-state index < -0.39 is 16.6 Å². The van der Waals surface area contributed by atoms with Crippen molar-refractivity contribution >= 4 is 5.69 Å². The molecule has 0 spiro atoms. The lowest BCUT2D eigenvalue weighted by Crippen LogP contribution is -1.99. The fourth-order valence-electron chi connectivity index (χ4n) is 1.50. The molecule has 0 aliphatic rings. The highest BCUT2D eigenvalue weighted by atomic mass is 19.1. The van der Waals surface area contributed by atoms with Crippen LogP contribution >= 0.6 is 0 Å². The van der Waals surface area contributed by atoms with Gasteiger partial charge in [-0.25, -0.2) is 8.78 Å². The number of ether oxygens (including phenoxy) is 1. The zero-order chi connectivity index (χ0) is 13.8. The summed E-state index contributed by atoms with van der Waals surface area (Å²) in [6.07, 6.45) is 0. The number of nitro benzene ring substituents is 1. The summed E-state index contributed by atoms with van der Waals surface area (Å²) in [5.74, 6) is -0.941. The highest BCUT2D eigenvalue weighted by Crippen LogP contribution is 2.20. The Morgan fingerprint density at radius 1 is 1.16 bits per heavy atom. The zero-order valence-electron chi connectivity index (χ0n) is 9.68. The second kappa shape index (κ2) is 5.43. The summed E-state index contributed by atoms with van der Waals surface area (Å²) >= 11 is 0. The van der Waals surface area contributed by atoms with E-state index in [0.717, 1.165) is 18.2 Å². The Hall–Kier alpha value is -2.50. The summed E-state index contributed by atoms with van der Waals surface area (Å²) in [6.45, 7) is -0.204. The molecule has 0 saturated carbocycles. The van der Waals surface area contributed by atoms with Crippen LogP contribution in [0.2, 0.25) is 0 Å². The molecular weight excluding hydrogens is 256 g/mol. The summed E-state index contributed by atoms with van der Waals surface area (Å²) in [4.78, 5) is 10.0. The minimum absolute atomic E-state index is 0.0477. The van der Waals surface area contributed by atoms with Crippen molar-refractivity contribution in [2.45, 2.75) is 6.61 Å². The lowest BCUT2D eigenvalue weighted by Gasteiger charge is -2.07. The number of halogens is 2. The number of nitrogens with zero attached hydrogens (tertiary/aromatic N) is 1. The van der Waals surface area contributed by atoms with E-state index in [-0.39, 0.29) is 23.6 Å². The Bertz CT molecular complexity index is 617. The zero-order valence-corrected chi connectivity index (χ0v) is 9.68. The van der Waals surface area contributed by atoms with Crippen LogP contribution in [0.15, 0.2) is 42.5 Å². The summed E-state index contributed by atoms with van der Waals surface area (Å²) in [5.41, 5.74) is -0.0799. The lowest BCUT2D eigenvalue weighted by atomic mass is 10.2. The molecule has 4 nitrogen and oxygen atoms in total. The van der Waals surface area contributed by atoms with E-state index in [2.05, 4.69) is 0 Å².